The van der Waals surface area contributed by atoms with E-state index in [1.54, 1.807) is 0 Å². The highest BCUT2D eigenvalue weighted by Gasteiger charge is 2.28. The third kappa shape index (κ3) is 3.45. The molecule has 1 heterocycles. The first-order chi connectivity index (χ1) is 9.22. The molecule has 1 fully saturated rings. The summed E-state index contributed by atoms with van der Waals surface area (Å²) < 4.78 is 5.48. The third-order valence-corrected chi connectivity index (χ3v) is 3.53. The van der Waals surface area contributed by atoms with Crippen LogP contribution < -0.4 is 5.73 Å². The summed E-state index contributed by atoms with van der Waals surface area (Å²) in [7, 11) is 0. The zero-order chi connectivity index (χ0) is 13.7. The van der Waals surface area contributed by atoms with Gasteiger partial charge in [-0.2, -0.15) is 0 Å². The number of benzene rings is 1. The lowest BCUT2D eigenvalue weighted by molar-refractivity contribution is -0.0215. The van der Waals surface area contributed by atoms with Crippen molar-refractivity contribution in [2.45, 2.75) is 25.4 Å². The van der Waals surface area contributed by atoms with Crippen molar-refractivity contribution in [3.63, 3.8) is 0 Å². The molecule has 0 radical (unpaired) electrons. The molecule has 104 valence electrons. The van der Waals surface area contributed by atoms with Crippen LogP contribution >= 0.6 is 0 Å². The van der Waals surface area contributed by atoms with E-state index in [-0.39, 0.29) is 11.9 Å². The van der Waals surface area contributed by atoms with Gasteiger partial charge in [0, 0.05) is 25.0 Å². The van der Waals surface area contributed by atoms with Crippen LogP contribution in [0.2, 0.25) is 0 Å². The fourth-order valence-electron chi connectivity index (χ4n) is 2.54. The second-order valence-electron chi connectivity index (χ2n) is 4.88. The van der Waals surface area contributed by atoms with Crippen LogP contribution in [0, 0.1) is 0 Å². The number of nitrogens with zero attached hydrogens (tertiary/aromatic N) is 2. The SMILES string of the molecule is CC1COCCN1C(CC(N)=NO)c1ccccc1. The van der Waals surface area contributed by atoms with Crippen LogP contribution in [0.25, 0.3) is 0 Å². The first-order valence-corrected chi connectivity index (χ1v) is 6.57. The van der Waals surface area contributed by atoms with Crippen LogP contribution in [-0.4, -0.2) is 41.7 Å². The Kier molecular flexibility index (Phi) is 4.76. The smallest absolute Gasteiger partial charge is 0.141 e. The van der Waals surface area contributed by atoms with Gasteiger partial charge in [0.25, 0.3) is 0 Å². The Labute approximate surface area is 113 Å². The maximum absolute atomic E-state index is 8.81. The Morgan fingerprint density at radius 2 is 2.26 bits per heavy atom. The molecule has 1 aliphatic rings. The monoisotopic (exact) mass is 263 g/mol. The van der Waals surface area contributed by atoms with Gasteiger partial charge in [-0.05, 0) is 12.5 Å². The van der Waals surface area contributed by atoms with Gasteiger partial charge >= 0.3 is 0 Å². The Balaban J connectivity index is 2.23. The highest BCUT2D eigenvalue weighted by molar-refractivity contribution is 5.80. The van der Waals surface area contributed by atoms with Crippen LogP contribution in [0.15, 0.2) is 35.5 Å². The Bertz CT molecular complexity index is 422. The van der Waals surface area contributed by atoms with Gasteiger partial charge in [0.05, 0.1) is 13.2 Å². The van der Waals surface area contributed by atoms with E-state index < -0.39 is 0 Å². The fraction of sp³-hybridized carbons (Fsp3) is 0.500. The van der Waals surface area contributed by atoms with Crippen molar-refractivity contribution >= 4 is 5.84 Å². The average molecular weight is 263 g/mol. The van der Waals surface area contributed by atoms with Crippen LogP contribution in [0.4, 0.5) is 0 Å². The molecule has 1 aliphatic heterocycles. The highest BCUT2D eigenvalue weighted by atomic mass is 16.5. The van der Waals surface area contributed by atoms with Crippen molar-refractivity contribution < 1.29 is 9.94 Å². The summed E-state index contributed by atoms with van der Waals surface area (Å²) in [6, 6.07) is 10.6. The molecule has 1 aromatic carbocycles. The van der Waals surface area contributed by atoms with Gasteiger partial charge in [0.15, 0.2) is 0 Å². The van der Waals surface area contributed by atoms with E-state index in [0.717, 1.165) is 19.8 Å². The van der Waals surface area contributed by atoms with E-state index in [4.69, 9.17) is 15.7 Å². The molecule has 2 unspecified atom stereocenters. The van der Waals surface area contributed by atoms with Gasteiger partial charge in [0.1, 0.15) is 5.84 Å². The molecule has 1 aromatic rings. The van der Waals surface area contributed by atoms with Gasteiger partial charge in [0.2, 0.25) is 0 Å². The number of morpholine rings is 1. The average Bonchev–Trinajstić information content (AvgIpc) is 2.46. The Morgan fingerprint density at radius 1 is 1.53 bits per heavy atom. The number of hydrogen-bond donors (Lipinski definition) is 2. The van der Waals surface area contributed by atoms with Crippen molar-refractivity contribution in [3.05, 3.63) is 35.9 Å². The number of rotatable bonds is 4. The minimum atomic E-state index is 0.121. The second kappa shape index (κ2) is 6.54. The van der Waals surface area contributed by atoms with E-state index in [1.807, 2.05) is 18.2 Å². The maximum atomic E-state index is 8.81. The summed E-state index contributed by atoms with van der Waals surface area (Å²) in [6.45, 7) is 4.45. The Morgan fingerprint density at radius 3 is 2.89 bits per heavy atom. The van der Waals surface area contributed by atoms with Gasteiger partial charge < -0.3 is 15.7 Å². The molecule has 2 atom stereocenters. The minimum absolute atomic E-state index is 0.121. The third-order valence-electron chi connectivity index (χ3n) is 3.53. The summed E-state index contributed by atoms with van der Waals surface area (Å²) in [5, 5.41) is 11.9. The molecule has 0 aromatic heterocycles. The van der Waals surface area contributed by atoms with Crippen molar-refractivity contribution in [1.82, 2.24) is 4.90 Å². The molecule has 0 spiro atoms. The standard InChI is InChI=1S/C14H21N3O2/c1-11-10-19-8-7-17(11)13(9-14(15)16-18)12-5-3-2-4-6-12/h2-6,11,13,18H,7-10H2,1H3,(H2,15,16). The first-order valence-electron chi connectivity index (χ1n) is 6.57. The van der Waals surface area contributed by atoms with Crippen molar-refractivity contribution in [3.8, 4) is 0 Å². The minimum Gasteiger partial charge on any atom is -0.409 e. The number of nitrogens with two attached hydrogens (primary N) is 1. The molecular formula is C14H21N3O2. The van der Waals surface area contributed by atoms with E-state index >= 15 is 0 Å². The zero-order valence-electron chi connectivity index (χ0n) is 11.2. The molecule has 0 bridgehead atoms. The van der Waals surface area contributed by atoms with E-state index in [9.17, 15) is 0 Å². The summed E-state index contributed by atoms with van der Waals surface area (Å²) in [4.78, 5) is 2.36. The molecule has 2 rings (SSSR count). The van der Waals surface area contributed by atoms with Gasteiger partial charge in [-0.1, -0.05) is 35.5 Å². The molecule has 5 heteroatoms. The van der Waals surface area contributed by atoms with Crippen molar-refractivity contribution in [2.75, 3.05) is 19.8 Å². The summed E-state index contributed by atoms with van der Waals surface area (Å²) in [5.41, 5.74) is 6.89. The lowest BCUT2D eigenvalue weighted by Gasteiger charge is -2.39. The van der Waals surface area contributed by atoms with Crippen molar-refractivity contribution in [2.24, 2.45) is 10.9 Å². The maximum Gasteiger partial charge on any atom is 0.141 e. The molecule has 0 saturated carbocycles. The predicted octanol–water partition coefficient (Wildman–Crippen LogP) is 1.58. The lowest BCUT2D eigenvalue weighted by Crippen LogP contribution is -2.46. The molecule has 5 nitrogen and oxygen atoms in total. The van der Waals surface area contributed by atoms with Gasteiger partial charge in [-0.25, -0.2) is 0 Å². The highest BCUT2D eigenvalue weighted by Crippen LogP contribution is 2.27. The molecule has 3 N–H and O–H groups in total. The topological polar surface area (TPSA) is 71.1 Å². The summed E-state index contributed by atoms with van der Waals surface area (Å²) in [5.74, 6) is 0.257. The molecule has 0 amide bonds. The number of hydrogen-bond acceptors (Lipinski definition) is 4. The van der Waals surface area contributed by atoms with Crippen LogP contribution in [0.1, 0.15) is 24.9 Å². The number of oxime groups is 1. The van der Waals surface area contributed by atoms with Crippen molar-refractivity contribution in [1.29, 1.82) is 0 Å². The normalized spacial score (nSPS) is 23.2. The number of amidine groups is 1. The van der Waals surface area contributed by atoms with Crippen LogP contribution in [0.3, 0.4) is 0 Å². The first kappa shape index (κ1) is 13.8. The fourth-order valence-corrected chi connectivity index (χ4v) is 2.54. The largest absolute Gasteiger partial charge is 0.409 e. The second-order valence-corrected chi connectivity index (χ2v) is 4.88. The predicted molar refractivity (Wildman–Crippen MR) is 74.2 cm³/mol. The van der Waals surface area contributed by atoms with Crippen LogP contribution in [-0.2, 0) is 4.74 Å². The molecular weight excluding hydrogens is 242 g/mol. The zero-order valence-corrected chi connectivity index (χ0v) is 11.2. The van der Waals surface area contributed by atoms with Crippen LogP contribution in [0.5, 0.6) is 0 Å². The van der Waals surface area contributed by atoms with E-state index in [2.05, 4.69) is 29.1 Å². The van der Waals surface area contributed by atoms with E-state index in [0.29, 0.717) is 12.5 Å². The van der Waals surface area contributed by atoms with Gasteiger partial charge in [-0.15, -0.1) is 0 Å². The molecule has 0 aliphatic carbocycles. The molecule has 1 saturated heterocycles. The Hall–Kier alpha value is -1.59. The number of ether oxygens (including phenoxy) is 1. The van der Waals surface area contributed by atoms with Gasteiger partial charge in [-0.3, -0.25) is 4.90 Å². The lowest BCUT2D eigenvalue weighted by atomic mass is 9.99. The quantitative estimate of drug-likeness (QED) is 0.374. The van der Waals surface area contributed by atoms with E-state index in [1.165, 1.54) is 5.56 Å². The molecule has 19 heavy (non-hydrogen) atoms. The summed E-state index contributed by atoms with van der Waals surface area (Å²) >= 11 is 0. The summed E-state index contributed by atoms with van der Waals surface area (Å²) in [6.07, 6.45) is 0.519.